The number of rotatable bonds is 2. The molecule has 82 valence electrons. The number of nitrogens with zero attached hydrogens (tertiary/aromatic N) is 1. The molecule has 0 aromatic heterocycles. The number of nitrogens with two attached hydrogens (primary N) is 1. The van der Waals surface area contributed by atoms with E-state index in [-0.39, 0.29) is 0 Å². The van der Waals surface area contributed by atoms with Gasteiger partial charge >= 0.3 is 0 Å². The first kappa shape index (κ1) is 11.0. The van der Waals surface area contributed by atoms with E-state index in [4.69, 9.17) is 5.73 Å². The summed E-state index contributed by atoms with van der Waals surface area (Å²) in [5, 5.41) is 0. The fourth-order valence-corrected chi connectivity index (χ4v) is 2.66. The molecule has 2 nitrogen and oxygen atoms in total. The van der Waals surface area contributed by atoms with Gasteiger partial charge in [0.15, 0.2) is 0 Å². The van der Waals surface area contributed by atoms with Gasteiger partial charge in [-0.15, -0.1) is 0 Å². The van der Waals surface area contributed by atoms with Crippen molar-refractivity contribution in [3.63, 3.8) is 0 Å². The van der Waals surface area contributed by atoms with Gasteiger partial charge in [-0.25, -0.2) is 0 Å². The summed E-state index contributed by atoms with van der Waals surface area (Å²) in [4.78, 5) is 2.39. The SMILES string of the molecule is CN1CCC(Cc2cc(Br)ccc2N)C1. The van der Waals surface area contributed by atoms with E-state index < -0.39 is 0 Å². The molecule has 2 rings (SSSR count). The molecule has 2 N–H and O–H groups in total. The van der Waals surface area contributed by atoms with Crippen molar-refractivity contribution in [2.45, 2.75) is 12.8 Å². The normalized spacial score (nSPS) is 22.1. The quantitative estimate of drug-likeness (QED) is 0.836. The summed E-state index contributed by atoms with van der Waals surface area (Å²) < 4.78 is 1.12. The first-order valence-corrected chi connectivity index (χ1v) is 6.17. The number of hydrogen-bond donors (Lipinski definition) is 1. The van der Waals surface area contributed by atoms with Crippen LogP contribution in [0.3, 0.4) is 0 Å². The Bertz CT molecular complexity index is 351. The van der Waals surface area contributed by atoms with Crippen LogP contribution in [0.2, 0.25) is 0 Å². The number of anilines is 1. The molecule has 1 saturated heterocycles. The lowest BCUT2D eigenvalue weighted by atomic mass is 9.97. The second-order valence-electron chi connectivity index (χ2n) is 4.46. The molecular weight excluding hydrogens is 252 g/mol. The van der Waals surface area contributed by atoms with Crippen LogP contribution in [0.4, 0.5) is 5.69 Å². The Hall–Kier alpha value is -0.540. The lowest BCUT2D eigenvalue weighted by Crippen LogP contribution is -2.15. The molecule has 0 bridgehead atoms. The van der Waals surface area contributed by atoms with Crippen LogP contribution >= 0.6 is 15.9 Å². The highest BCUT2D eigenvalue weighted by molar-refractivity contribution is 9.10. The largest absolute Gasteiger partial charge is 0.399 e. The van der Waals surface area contributed by atoms with Gasteiger partial charge in [-0.1, -0.05) is 15.9 Å². The molecule has 15 heavy (non-hydrogen) atoms. The lowest BCUT2D eigenvalue weighted by molar-refractivity contribution is 0.394. The zero-order chi connectivity index (χ0) is 10.8. The number of nitrogen functional groups attached to an aromatic ring is 1. The van der Waals surface area contributed by atoms with Crippen LogP contribution in [0.25, 0.3) is 0 Å². The Balaban J connectivity index is 2.07. The highest BCUT2D eigenvalue weighted by Crippen LogP contribution is 2.25. The molecule has 0 aliphatic carbocycles. The van der Waals surface area contributed by atoms with E-state index in [9.17, 15) is 0 Å². The number of hydrogen-bond acceptors (Lipinski definition) is 2. The molecule has 1 heterocycles. The minimum Gasteiger partial charge on any atom is -0.399 e. The Morgan fingerprint density at radius 1 is 1.53 bits per heavy atom. The summed E-state index contributed by atoms with van der Waals surface area (Å²) in [5.74, 6) is 0.770. The summed E-state index contributed by atoms with van der Waals surface area (Å²) in [5.41, 5.74) is 8.17. The molecule has 3 heteroatoms. The van der Waals surface area contributed by atoms with Crippen molar-refractivity contribution >= 4 is 21.6 Å². The number of halogens is 1. The van der Waals surface area contributed by atoms with Crippen LogP contribution in [0, 0.1) is 5.92 Å². The predicted molar refractivity (Wildman–Crippen MR) is 67.9 cm³/mol. The maximum Gasteiger partial charge on any atom is 0.0347 e. The van der Waals surface area contributed by atoms with Crippen LogP contribution in [0.5, 0.6) is 0 Å². The molecule has 0 radical (unpaired) electrons. The van der Waals surface area contributed by atoms with Gasteiger partial charge in [0.25, 0.3) is 0 Å². The van der Waals surface area contributed by atoms with Crippen LogP contribution in [0.15, 0.2) is 22.7 Å². The predicted octanol–water partition coefficient (Wildman–Crippen LogP) is 2.53. The fourth-order valence-electron chi connectivity index (χ4n) is 2.26. The van der Waals surface area contributed by atoms with Gasteiger partial charge in [0, 0.05) is 16.7 Å². The molecule has 1 aliphatic heterocycles. The molecule has 0 saturated carbocycles. The average molecular weight is 269 g/mol. The van der Waals surface area contributed by atoms with E-state index >= 15 is 0 Å². The lowest BCUT2D eigenvalue weighted by Gasteiger charge is -2.12. The maximum atomic E-state index is 5.97. The molecule has 1 fully saturated rings. The van der Waals surface area contributed by atoms with Gasteiger partial charge in [0.1, 0.15) is 0 Å². The second-order valence-corrected chi connectivity index (χ2v) is 5.38. The minimum absolute atomic E-state index is 0.770. The van der Waals surface area contributed by atoms with Crippen LogP contribution in [-0.2, 0) is 6.42 Å². The number of likely N-dealkylation sites (tertiary alicyclic amines) is 1. The van der Waals surface area contributed by atoms with Crippen molar-refractivity contribution in [3.05, 3.63) is 28.2 Å². The summed E-state index contributed by atoms with van der Waals surface area (Å²) in [6.45, 7) is 2.42. The van der Waals surface area contributed by atoms with E-state index in [0.717, 1.165) is 22.5 Å². The molecule has 1 aromatic rings. The van der Waals surface area contributed by atoms with Crippen molar-refractivity contribution in [1.82, 2.24) is 4.90 Å². The minimum atomic E-state index is 0.770. The smallest absolute Gasteiger partial charge is 0.0347 e. The van der Waals surface area contributed by atoms with Gasteiger partial charge in [-0.05, 0) is 56.1 Å². The highest BCUT2D eigenvalue weighted by atomic mass is 79.9. The zero-order valence-corrected chi connectivity index (χ0v) is 10.6. The summed E-state index contributed by atoms with van der Waals surface area (Å²) >= 11 is 3.49. The fraction of sp³-hybridized carbons (Fsp3) is 0.500. The van der Waals surface area contributed by atoms with Crippen molar-refractivity contribution in [1.29, 1.82) is 0 Å². The van der Waals surface area contributed by atoms with Gasteiger partial charge in [0.2, 0.25) is 0 Å². The second kappa shape index (κ2) is 4.54. The standard InChI is InChI=1S/C12H17BrN2/c1-15-5-4-9(8-15)6-10-7-11(13)2-3-12(10)14/h2-3,7,9H,4-6,8,14H2,1H3. The van der Waals surface area contributed by atoms with E-state index in [2.05, 4.69) is 33.9 Å². The van der Waals surface area contributed by atoms with Gasteiger partial charge < -0.3 is 10.6 Å². The third-order valence-electron chi connectivity index (χ3n) is 3.10. The maximum absolute atomic E-state index is 5.97. The molecular formula is C12H17BrN2. The van der Waals surface area contributed by atoms with E-state index in [0.29, 0.717) is 0 Å². The van der Waals surface area contributed by atoms with Crippen molar-refractivity contribution in [2.24, 2.45) is 5.92 Å². The van der Waals surface area contributed by atoms with Crippen LogP contribution in [-0.4, -0.2) is 25.0 Å². The summed E-state index contributed by atoms with van der Waals surface area (Å²) in [6, 6.07) is 6.13. The van der Waals surface area contributed by atoms with Crippen LogP contribution in [0.1, 0.15) is 12.0 Å². The molecule has 0 spiro atoms. The number of benzene rings is 1. The molecule has 1 atom stereocenters. The molecule has 0 amide bonds. The zero-order valence-electron chi connectivity index (χ0n) is 9.04. The third-order valence-corrected chi connectivity index (χ3v) is 3.60. The first-order valence-electron chi connectivity index (χ1n) is 5.37. The first-order chi connectivity index (χ1) is 7.15. The van der Waals surface area contributed by atoms with Crippen LogP contribution < -0.4 is 5.73 Å². The van der Waals surface area contributed by atoms with Gasteiger partial charge in [-0.2, -0.15) is 0 Å². The van der Waals surface area contributed by atoms with Crippen molar-refractivity contribution < 1.29 is 0 Å². The Morgan fingerprint density at radius 3 is 3.00 bits per heavy atom. The van der Waals surface area contributed by atoms with E-state index in [1.165, 1.54) is 25.1 Å². The van der Waals surface area contributed by atoms with E-state index in [1.54, 1.807) is 0 Å². The molecule has 1 aliphatic rings. The van der Waals surface area contributed by atoms with Crippen molar-refractivity contribution in [2.75, 3.05) is 25.9 Å². The Kier molecular flexibility index (Phi) is 3.32. The van der Waals surface area contributed by atoms with Crippen molar-refractivity contribution in [3.8, 4) is 0 Å². The van der Waals surface area contributed by atoms with Gasteiger partial charge in [-0.3, -0.25) is 0 Å². The average Bonchev–Trinajstić information content (AvgIpc) is 2.58. The topological polar surface area (TPSA) is 29.3 Å². The molecule has 1 aromatic carbocycles. The Labute approximate surface area is 99.6 Å². The summed E-state index contributed by atoms with van der Waals surface area (Å²) in [7, 11) is 2.18. The molecule has 1 unspecified atom stereocenters. The summed E-state index contributed by atoms with van der Waals surface area (Å²) in [6.07, 6.45) is 2.40. The highest BCUT2D eigenvalue weighted by Gasteiger charge is 2.20. The van der Waals surface area contributed by atoms with E-state index in [1.807, 2.05) is 12.1 Å². The third kappa shape index (κ3) is 2.73. The van der Waals surface area contributed by atoms with Gasteiger partial charge in [0.05, 0.1) is 0 Å². The monoisotopic (exact) mass is 268 g/mol. The Morgan fingerprint density at radius 2 is 2.33 bits per heavy atom.